The van der Waals surface area contributed by atoms with E-state index in [0.29, 0.717) is 22.7 Å². The predicted octanol–water partition coefficient (Wildman–Crippen LogP) is 5.97. The van der Waals surface area contributed by atoms with E-state index in [0.717, 1.165) is 0 Å². The highest BCUT2D eigenvalue weighted by atomic mass is 16.4. The zero-order chi connectivity index (χ0) is 27.2. The average molecular weight is 521 g/mol. The number of piperazine rings is 1. The quantitative estimate of drug-likeness (QED) is 0.351. The molecule has 196 valence electrons. The van der Waals surface area contributed by atoms with Crippen molar-refractivity contribution in [1.82, 2.24) is 9.80 Å². The van der Waals surface area contributed by atoms with Crippen molar-refractivity contribution in [2.75, 3.05) is 29.4 Å². The number of rotatable bonds is 5. The van der Waals surface area contributed by atoms with Gasteiger partial charge in [-0.3, -0.25) is 9.80 Å². The Morgan fingerprint density at radius 2 is 0.923 bits per heavy atom. The number of hydrogen-bond donors (Lipinski definition) is 1. The summed E-state index contributed by atoms with van der Waals surface area (Å²) >= 11 is 0. The van der Waals surface area contributed by atoms with E-state index in [1.165, 1.54) is 14.7 Å². The van der Waals surface area contributed by atoms with Crippen molar-refractivity contribution in [3.63, 3.8) is 0 Å². The number of carbonyl (C=O) groups excluding carboxylic acids is 2. The molecule has 1 atom stereocenters. The van der Waals surface area contributed by atoms with Gasteiger partial charge in [-0.2, -0.15) is 0 Å². The minimum Gasteiger partial charge on any atom is -0.480 e. The second-order valence-electron chi connectivity index (χ2n) is 9.07. The topological polar surface area (TPSA) is 84.4 Å². The van der Waals surface area contributed by atoms with Gasteiger partial charge in [0.05, 0.1) is 29.3 Å². The van der Waals surface area contributed by atoms with Crippen molar-refractivity contribution in [1.29, 1.82) is 0 Å². The minimum atomic E-state index is -1.22. The highest BCUT2D eigenvalue weighted by Gasteiger charge is 2.40. The van der Waals surface area contributed by atoms with Crippen LogP contribution in [0, 0.1) is 0 Å². The first-order chi connectivity index (χ1) is 19.0. The molecular formula is C31H28N4O4. The van der Waals surface area contributed by atoms with Crippen molar-refractivity contribution in [3.8, 4) is 0 Å². The Bertz CT molecular complexity index is 1340. The maximum atomic E-state index is 13.9. The van der Waals surface area contributed by atoms with E-state index in [-0.39, 0.29) is 25.7 Å². The number of para-hydroxylation sites is 4. The van der Waals surface area contributed by atoms with Crippen LogP contribution < -0.4 is 9.80 Å². The Kier molecular flexibility index (Phi) is 7.54. The molecule has 4 aromatic rings. The van der Waals surface area contributed by atoms with Gasteiger partial charge in [0.15, 0.2) is 0 Å². The fourth-order valence-corrected chi connectivity index (χ4v) is 4.72. The molecule has 0 aromatic heterocycles. The van der Waals surface area contributed by atoms with Gasteiger partial charge in [-0.25, -0.2) is 14.4 Å². The molecule has 1 saturated heterocycles. The molecule has 0 spiro atoms. The fraction of sp³-hybridized carbons (Fsp3) is 0.129. The van der Waals surface area contributed by atoms with E-state index in [1.54, 1.807) is 29.2 Å². The number of carbonyl (C=O) groups is 3. The first-order valence-corrected chi connectivity index (χ1v) is 12.7. The number of urea groups is 2. The number of aliphatic carboxylic acids is 1. The molecule has 0 radical (unpaired) electrons. The van der Waals surface area contributed by atoms with Crippen LogP contribution in [0.5, 0.6) is 0 Å². The number of nitrogens with zero attached hydrogens (tertiary/aromatic N) is 4. The standard InChI is InChI=1S/C31H28N4O4/c36-29(37)28-23-32(30(38)34(24-13-5-1-6-14-24)25-15-7-2-8-16-25)21-22-33(28)31(39)35(26-17-9-3-10-18-26)27-19-11-4-12-20-27/h1-20,28H,21-23H2,(H,36,37). The molecule has 0 bridgehead atoms. The van der Waals surface area contributed by atoms with Gasteiger partial charge in [0, 0.05) is 13.1 Å². The van der Waals surface area contributed by atoms with Crippen LogP contribution in [0.3, 0.4) is 0 Å². The smallest absolute Gasteiger partial charge is 0.329 e. The number of hydrogen-bond acceptors (Lipinski definition) is 3. The minimum absolute atomic E-state index is 0.0646. The number of anilines is 4. The molecule has 39 heavy (non-hydrogen) atoms. The van der Waals surface area contributed by atoms with Crippen molar-refractivity contribution in [2.45, 2.75) is 6.04 Å². The van der Waals surface area contributed by atoms with Gasteiger partial charge < -0.3 is 14.9 Å². The molecule has 1 aliphatic heterocycles. The van der Waals surface area contributed by atoms with Crippen LogP contribution >= 0.6 is 0 Å². The van der Waals surface area contributed by atoms with Crippen LogP contribution in [-0.2, 0) is 4.79 Å². The summed E-state index contributed by atoms with van der Waals surface area (Å²) in [6, 6.07) is 34.6. The summed E-state index contributed by atoms with van der Waals surface area (Å²) in [6.45, 7) is 0.102. The highest BCUT2D eigenvalue weighted by Crippen LogP contribution is 2.30. The third-order valence-electron chi connectivity index (χ3n) is 6.62. The van der Waals surface area contributed by atoms with Crippen molar-refractivity contribution >= 4 is 40.8 Å². The summed E-state index contributed by atoms with van der Waals surface area (Å²) in [5, 5.41) is 10.2. The predicted molar refractivity (Wildman–Crippen MR) is 151 cm³/mol. The molecular weight excluding hydrogens is 492 g/mol. The van der Waals surface area contributed by atoms with Gasteiger partial charge in [0.1, 0.15) is 6.04 Å². The lowest BCUT2D eigenvalue weighted by Crippen LogP contribution is -2.62. The monoisotopic (exact) mass is 520 g/mol. The van der Waals surface area contributed by atoms with Crippen molar-refractivity contribution in [2.24, 2.45) is 0 Å². The molecule has 4 amide bonds. The summed E-state index contributed by atoms with van der Waals surface area (Å²) in [6.07, 6.45) is 0. The molecule has 1 unspecified atom stereocenters. The maximum Gasteiger partial charge on any atom is 0.329 e. The van der Waals surface area contributed by atoms with Crippen LogP contribution in [0.1, 0.15) is 0 Å². The number of benzene rings is 4. The molecule has 8 nitrogen and oxygen atoms in total. The first-order valence-electron chi connectivity index (χ1n) is 12.7. The largest absolute Gasteiger partial charge is 0.480 e. The van der Waals surface area contributed by atoms with E-state index in [2.05, 4.69) is 0 Å². The SMILES string of the molecule is O=C(O)C1CN(C(=O)N(c2ccccc2)c2ccccc2)CCN1C(=O)N(c1ccccc1)c1ccccc1. The highest BCUT2D eigenvalue weighted by molar-refractivity contribution is 6.02. The van der Waals surface area contributed by atoms with Gasteiger partial charge in [-0.1, -0.05) is 72.8 Å². The van der Waals surface area contributed by atoms with Gasteiger partial charge >= 0.3 is 18.0 Å². The van der Waals surface area contributed by atoms with E-state index < -0.39 is 18.0 Å². The Morgan fingerprint density at radius 1 is 0.564 bits per heavy atom. The molecule has 1 fully saturated rings. The molecule has 5 rings (SSSR count). The number of carboxylic acids is 1. The summed E-state index contributed by atoms with van der Waals surface area (Å²) in [5.74, 6) is -1.17. The zero-order valence-electron chi connectivity index (χ0n) is 21.2. The van der Waals surface area contributed by atoms with Gasteiger partial charge in [-0.15, -0.1) is 0 Å². The van der Waals surface area contributed by atoms with Crippen molar-refractivity contribution < 1.29 is 19.5 Å². The molecule has 1 aliphatic rings. The Labute approximate surface area is 226 Å². The second-order valence-corrected chi connectivity index (χ2v) is 9.07. The summed E-state index contributed by atoms with van der Waals surface area (Å²) in [4.78, 5) is 46.2. The number of amides is 4. The summed E-state index contributed by atoms with van der Waals surface area (Å²) < 4.78 is 0. The molecule has 8 heteroatoms. The molecule has 1 N–H and O–H groups in total. The Morgan fingerprint density at radius 3 is 1.28 bits per heavy atom. The molecule has 0 aliphatic carbocycles. The third-order valence-corrected chi connectivity index (χ3v) is 6.62. The molecule has 1 heterocycles. The number of carboxylic acid groups (broad SMARTS) is 1. The van der Waals surface area contributed by atoms with E-state index in [1.807, 2.05) is 97.1 Å². The average Bonchev–Trinajstić information content (AvgIpc) is 2.99. The lowest BCUT2D eigenvalue weighted by Gasteiger charge is -2.42. The fourth-order valence-electron chi connectivity index (χ4n) is 4.72. The summed E-state index contributed by atoms with van der Waals surface area (Å²) in [5.41, 5.74) is 2.57. The van der Waals surface area contributed by atoms with Gasteiger partial charge in [0.2, 0.25) is 0 Å². The molecule has 4 aromatic carbocycles. The second kappa shape index (κ2) is 11.5. The molecule has 0 saturated carbocycles. The Hall–Kier alpha value is -5.11. The third kappa shape index (κ3) is 5.45. The lowest BCUT2D eigenvalue weighted by atomic mass is 10.1. The van der Waals surface area contributed by atoms with Crippen LogP contribution in [0.4, 0.5) is 32.3 Å². The zero-order valence-corrected chi connectivity index (χ0v) is 21.2. The van der Waals surface area contributed by atoms with E-state index >= 15 is 0 Å². The van der Waals surface area contributed by atoms with Crippen LogP contribution in [0.25, 0.3) is 0 Å². The van der Waals surface area contributed by atoms with Crippen LogP contribution in [0.2, 0.25) is 0 Å². The van der Waals surface area contributed by atoms with E-state index in [9.17, 15) is 19.5 Å². The van der Waals surface area contributed by atoms with E-state index in [4.69, 9.17) is 0 Å². The van der Waals surface area contributed by atoms with Gasteiger partial charge in [-0.05, 0) is 48.5 Å². The first kappa shape index (κ1) is 25.5. The van der Waals surface area contributed by atoms with Crippen LogP contribution in [0.15, 0.2) is 121 Å². The lowest BCUT2D eigenvalue weighted by molar-refractivity contribution is -0.143. The Balaban J connectivity index is 1.44. The van der Waals surface area contributed by atoms with Crippen LogP contribution in [-0.4, -0.2) is 58.6 Å². The summed E-state index contributed by atoms with van der Waals surface area (Å²) in [7, 11) is 0. The normalized spacial score (nSPS) is 14.9. The van der Waals surface area contributed by atoms with Gasteiger partial charge in [0.25, 0.3) is 0 Å². The van der Waals surface area contributed by atoms with Crippen molar-refractivity contribution in [3.05, 3.63) is 121 Å². The maximum absolute atomic E-state index is 13.9.